The molecule has 0 bridgehead atoms. The van der Waals surface area contributed by atoms with Crippen LogP contribution in [0.1, 0.15) is 93.3 Å². The summed E-state index contributed by atoms with van der Waals surface area (Å²) in [5.74, 6) is -1.21. The molecule has 2 aliphatic carbocycles. The van der Waals surface area contributed by atoms with Crippen LogP contribution in [0.2, 0.25) is 0 Å². The van der Waals surface area contributed by atoms with E-state index in [0.717, 1.165) is 62.6 Å². The topological polar surface area (TPSA) is 106 Å². The third-order valence-corrected chi connectivity index (χ3v) is 7.13. The van der Waals surface area contributed by atoms with Crippen molar-refractivity contribution in [1.29, 1.82) is 0 Å². The summed E-state index contributed by atoms with van der Waals surface area (Å²) in [7, 11) is 1.24. The van der Waals surface area contributed by atoms with Gasteiger partial charge in [0.1, 0.15) is 17.6 Å². The molecule has 8 nitrogen and oxygen atoms in total. The summed E-state index contributed by atoms with van der Waals surface area (Å²) in [6.45, 7) is 3.46. The maximum absolute atomic E-state index is 13.6. The molecular formula is C26H39N3O5. The molecule has 34 heavy (non-hydrogen) atoms. The van der Waals surface area contributed by atoms with Gasteiger partial charge in [0, 0.05) is 12.2 Å². The standard InChI is InChI=1S/C26H39N3O5/c1-26(2,25(33)27-16-22(30)34-3)28-23(31)20-15-19-13-9-4-5-10-14-21(19)29(24(20)32)17-18-11-7-6-8-12-18/h15,18H,4-14,16-17H2,1-3H3,(H,27,33)(H,28,31). The van der Waals surface area contributed by atoms with Crippen LogP contribution >= 0.6 is 0 Å². The summed E-state index contributed by atoms with van der Waals surface area (Å²) in [4.78, 5) is 50.8. The summed E-state index contributed by atoms with van der Waals surface area (Å²) < 4.78 is 6.41. The second kappa shape index (κ2) is 11.7. The lowest BCUT2D eigenvalue weighted by atomic mass is 9.88. The van der Waals surface area contributed by atoms with Gasteiger partial charge in [-0.25, -0.2) is 0 Å². The first kappa shape index (κ1) is 26.0. The van der Waals surface area contributed by atoms with Gasteiger partial charge < -0.3 is 19.9 Å². The van der Waals surface area contributed by atoms with E-state index in [1.54, 1.807) is 19.9 Å². The van der Waals surface area contributed by atoms with Crippen molar-refractivity contribution in [2.45, 2.75) is 96.6 Å². The average molecular weight is 474 g/mol. The van der Waals surface area contributed by atoms with Crippen LogP contribution in [0.4, 0.5) is 0 Å². The molecule has 1 fully saturated rings. The van der Waals surface area contributed by atoms with Crippen molar-refractivity contribution in [3.63, 3.8) is 0 Å². The third-order valence-electron chi connectivity index (χ3n) is 7.13. The van der Waals surface area contributed by atoms with Gasteiger partial charge in [0.15, 0.2) is 0 Å². The number of esters is 1. The summed E-state index contributed by atoms with van der Waals surface area (Å²) in [5, 5.41) is 5.17. The highest BCUT2D eigenvalue weighted by Gasteiger charge is 2.32. The molecule has 0 aliphatic heterocycles. The van der Waals surface area contributed by atoms with Crippen LogP contribution in [-0.2, 0) is 33.7 Å². The van der Waals surface area contributed by atoms with E-state index >= 15 is 0 Å². The van der Waals surface area contributed by atoms with Gasteiger partial charge in [-0.15, -0.1) is 0 Å². The van der Waals surface area contributed by atoms with Gasteiger partial charge in [-0.3, -0.25) is 19.2 Å². The van der Waals surface area contributed by atoms with Gasteiger partial charge in [-0.1, -0.05) is 32.1 Å². The molecule has 0 radical (unpaired) electrons. The predicted octanol–water partition coefficient (Wildman–Crippen LogP) is 2.89. The number of hydrogen-bond donors (Lipinski definition) is 2. The quantitative estimate of drug-likeness (QED) is 0.592. The first-order valence-electron chi connectivity index (χ1n) is 12.7. The Morgan fingerprint density at radius 2 is 1.68 bits per heavy atom. The first-order chi connectivity index (χ1) is 16.2. The maximum Gasteiger partial charge on any atom is 0.325 e. The Kier molecular flexibility index (Phi) is 8.91. The van der Waals surface area contributed by atoms with Crippen LogP contribution in [0.15, 0.2) is 10.9 Å². The van der Waals surface area contributed by atoms with Crippen LogP contribution in [0.25, 0.3) is 0 Å². The predicted molar refractivity (Wildman–Crippen MR) is 130 cm³/mol. The van der Waals surface area contributed by atoms with E-state index in [2.05, 4.69) is 15.4 Å². The minimum Gasteiger partial charge on any atom is -0.468 e. The number of carbonyl (C=O) groups is 3. The molecule has 2 amide bonds. The Bertz CT molecular complexity index is 960. The van der Waals surface area contributed by atoms with E-state index in [9.17, 15) is 19.2 Å². The smallest absolute Gasteiger partial charge is 0.325 e. The normalized spacial score (nSPS) is 17.1. The van der Waals surface area contributed by atoms with E-state index < -0.39 is 23.3 Å². The third kappa shape index (κ3) is 6.48. The monoisotopic (exact) mass is 473 g/mol. The van der Waals surface area contributed by atoms with Crippen molar-refractivity contribution >= 4 is 17.8 Å². The molecule has 0 atom stereocenters. The van der Waals surface area contributed by atoms with Crippen molar-refractivity contribution in [2.75, 3.05) is 13.7 Å². The van der Waals surface area contributed by atoms with Gasteiger partial charge in [-0.2, -0.15) is 0 Å². The van der Waals surface area contributed by atoms with Crippen molar-refractivity contribution in [2.24, 2.45) is 5.92 Å². The number of hydrogen-bond acceptors (Lipinski definition) is 5. The number of nitrogens with zero attached hydrogens (tertiary/aromatic N) is 1. The van der Waals surface area contributed by atoms with Gasteiger partial charge in [0.05, 0.1) is 7.11 Å². The number of rotatable bonds is 7. The highest BCUT2D eigenvalue weighted by atomic mass is 16.5. The molecule has 3 rings (SSSR count). The molecule has 0 unspecified atom stereocenters. The minimum atomic E-state index is -1.31. The Hall–Kier alpha value is -2.64. The minimum absolute atomic E-state index is 0.0870. The highest BCUT2D eigenvalue weighted by molar-refractivity contribution is 5.99. The van der Waals surface area contributed by atoms with Crippen LogP contribution in [0, 0.1) is 5.92 Å². The zero-order valence-electron chi connectivity index (χ0n) is 20.8. The zero-order chi connectivity index (χ0) is 24.7. The van der Waals surface area contributed by atoms with Gasteiger partial charge in [-0.05, 0) is 69.9 Å². The Balaban J connectivity index is 1.88. The van der Waals surface area contributed by atoms with Gasteiger partial charge >= 0.3 is 5.97 Å². The zero-order valence-corrected chi connectivity index (χ0v) is 20.8. The Labute approximate surface area is 201 Å². The molecular weight excluding hydrogens is 434 g/mol. The van der Waals surface area contributed by atoms with Gasteiger partial charge in [0.2, 0.25) is 5.91 Å². The molecule has 0 saturated heterocycles. The molecule has 0 aromatic carbocycles. The van der Waals surface area contributed by atoms with Crippen LogP contribution in [0.3, 0.4) is 0 Å². The molecule has 1 saturated carbocycles. The number of ether oxygens (including phenoxy) is 1. The number of methoxy groups -OCH3 is 1. The highest BCUT2D eigenvalue weighted by Crippen LogP contribution is 2.27. The molecule has 1 heterocycles. The Morgan fingerprint density at radius 1 is 1.03 bits per heavy atom. The van der Waals surface area contributed by atoms with Crippen molar-refractivity contribution in [3.05, 3.63) is 33.2 Å². The lowest BCUT2D eigenvalue weighted by molar-refractivity contribution is -0.141. The summed E-state index contributed by atoms with van der Waals surface area (Å²) in [6.07, 6.45) is 12.0. The second-order valence-electron chi connectivity index (χ2n) is 10.2. The van der Waals surface area contributed by atoms with E-state index in [0.29, 0.717) is 12.5 Å². The fourth-order valence-corrected chi connectivity index (χ4v) is 5.07. The summed E-state index contributed by atoms with van der Waals surface area (Å²) in [6, 6.07) is 1.75. The lowest BCUT2D eigenvalue weighted by Gasteiger charge is -2.28. The fraction of sp³-hybridized carbons (Fsp3) is 0.692. The summed E-state index contributed by atoms with van der Waals surface area (Å²) in [5.41, 5.74) is 0.669. The lowest BCUT2D eigenvalue weighted by Crippen LogP contribution is -2.56. The SMILES string of the molecule is COC(=O)CNC(=O)C(C)(C)NC(=O)c1cc2c(n(CC3CCCCC3)c1=O)CCCCCC2. The van der Waals surface area contributed by atoms with Crippen molar-refractivity contribution in [1.82, 2.24) is 15.2 Å². The number of carbonyl (C=O) groups excluding carboxylic acids is 3. The first-order valence-corrected chi connectivity index (χ1v) is 12.7. The largest absolute Gasteiger partial charge is 0.468 e. The fourth-order valence-electron chi connectivity index (χ4n) is 5.07. The number of amides is 2. The van der Waals surface area contributed by atoms with E-state index in [1.807, 2.05) is 4.57 Å². The molecule has 2 N–H and O–H groups in total. The Morgan fingerprint density at radius 3 is 2.35 bits per heavy atom. The number of aromatic nitrogens is 1. The van der Waals surface area contributed by atoms with E-state index in [-0.39, 0.29) is 17.7 Å². The average Bonchev–Trinajstić information content (AvgIpc) is 2.80. The van der Waals surface area contributed by atoms with Gasteiger partial charge in [0.25, 0.3) is 11.5 Å². The molecule has 0 spiro atoms. The van der Waals surface area contributed by atoms with Crippen molar-refractivity contribution in [3.8, 4) is 0 Å². The molecule has 8 heteroatoms. The van der Waals surface area contributed by atoms with Crippen LogP contribution in [-0.4, -0.2) is 41.5 Å². The van der Waals surface area contributed by atoms with E-state index in [4.69, 9.17) is 0 Å². The number of fused-ring (bicyclic) bond motifs is 1. The number of pyridine rings is 1. The summed E-state index contributed by atoms with van der Waals surface area (Å²) >= 11 is 0. The maximum atomic E-state index is 13.6. The number of nitrogens with one attached hydrogen (secondary N) is 2. The van der Waals surface area contributed by atoms with Crippen LogP contribution in [0.5, 0.6) is 0 Å². The second-order valence-corrected chi connectivity index (χ2v) is 10.2. The molecule has 2 aliphatic rings. The van der Waals surface area contributed by atoms with E-state index in [1.165, 1.54) is 26.4 Å². The molecule has 1 aromatic rings. The van der Waals surface area contributed by atoms with Crippen LogP contribution < -0.4 is 16.2 Å². The van der Waals surface area contributed by atoms with Crippen molar-refractivity contribution < 1.29 is 19.1 Å². The molecule has 1 aromatic heterocycles. The number of aryl methyl sites for hydroxylation is 1. The molecule has 188 valence electrons.